The van der Waals surface area contributed by atoms with Crippen LogP contribution in [-0.4, -0.2) is 0 Å². The van der Waals surface area contributed by atoms with Crippen molar-refractivity contribution in [3.63, 3.8) is 0 Å². The maximum Gasteiger partial charge on any atom is 0.143 e. The molecule has 0 bridgehead atoms. The monoisotopic (exact) mass is 636 g/mol. The number of hydrogen-bond acceptors (Lipinski definition) is 1. The summed E-state index contributed by atoms with van der Waals surface area (Å²) in [7, 11) is 0. The first-order valence-corrected chi connectivity index (χ1v) is 17.5. The van der Waals surface area contributed by atoms with E-state index in [4.69, 9.17) is 4.42 Å². The van der Waals surface area contributed by atoms with Crippen LogP contribution in [0.4, 0.5) is 0 Å². The van der Waals surface area contributed by atoms with Crippen LogP contribution in [0.3, 0.4) is 0 Å². The highest BCUT2D eigenvalue weighted by Gasteiger charge is 2.37. The SMILES string of the molecule is CC1(C)c2ccccc2-c2c1cc(-c1c3ccccc3c(-c3c4ccccc4cc4c3oc3ccccc34)c3ccccc13)c1ccccc21. The second kappa shape index (κ2) is 9.94. The molecule has 0 spiro atoms. The van der Waals surface area contributed by atoms with E-state index in [2.05, 4.69) is 172 Å². The Balaban J connectivity index is 1.33. The molecule has 0 radical (unpaired) electrons. The first-order chi connectivity index (χ1) is 24.6. The number of furan rings is 1. The molecule has 1 aliphatic carbocycles. The lowest BCUT2D eigenvalue weighted by molar-refractivity contribution is 0.661. The molecule has 0 fully saturated rings. The summed E-state index contributed by atoms with van der Waals surface area (Å²) in [5, 5.41) is 12.3. The van der Waals surface area contributed by atoms with E-state index >= 15 is 0 Å². The van der Waals surface area contributed by atoms with Crippen LogP contribution >= 0.6 is 0 Å². The van der Waals surface area contributed by atoms with Gasteiger partial charge in [-0.1, -0.05) is 153 Å². The van der Waals surface area contributed by atoms with Crippen LogP contribution < -0.4 is 0 Å². The molecule has 0 aliphatic heterocycles. The van der Waals surface area contributed by atoms with Gasteiger partial charge in [-0.3, -0.25) is 0 Å². The van der Waals surface area contributed by atoms with Crippen molar-refractivity contribution >= 4 is 65.0 Å². The average molecular weight is 637 g/mol. The molecule has 0 saturated heterocycles. The van der Waals surface area contributed by atoms with Crippen molar-refractivity contribution in [3.05, 3.63) is 169 Å². The Kier molecular flexibility index (Phi) is 5.51. The number of para-hydroxylation sites is 1. The van der Waals surface area contributed by atoms with E-state index in [9.17, 15) is 0 Å². The second-order valence-corrected chi connectivity index (χ2v) is 14.4. The Morgan fingerprint density at radius 3 is 1.58 bits per heavy atom. The van der Waals surface area contributed by atoms with Crippen LogP contribution in [-0.2, 0) is 5.41 Å². The zero-order valence-electron chi connectivity index (χ0n) is 27.9. The molecule has 1 heteroatoms. The van der Waals surface area contributed by atoms with Crippen molar-refractivity contribution in [1.82, 2.24) is 0 Å². The van der Waals surface area contributed by atoms with Crippen LogP contribution in [0, 0.1) is 0 Å². The quantitative estimate of drug-likeness (QED) is 0.172. The summed E-state index contributed by atoms with van der Waals surface area (Å²) in [6.07, 6.45) is 0. The van der Waals surface area contributed by atoms with E-state index in [1.165, 1.54) is 82.0 Å². The molecule has 1 aromatic heterocycles. The zero-order chi connectivity index (χ0) is 33.1. The molecule has 10 aromatic rings. The Morgan fingerprint density at radius 1 is 0.360 bits per heavy atom. The predicted octanol–water partition coefficient (Wildman–Crippen LogP) is 13.8. The summed E-state index contributed by atoms with van der Waals surface area (Å²) in [6.45, 7) is 4.77. The Bertz CT molecular complexity index is 3010. The number of fused-ring (bicyclic) bond motifs is 11. The van der Waals surface area contributed by atoms with E-state index in [1.54, 1.807) is 0 Å². The lowest BCUT2D eigenvalue weighted by atomic mass is 9.78. The van der Waals surface area contributed by atoms with Gasteiger partial charge in [0.1, 0.15) is 11.2 Å². The Labute approximate surface area is 290 Å². The smallest absolute Gasteiger partial charge is 0.143 e. The molecule has 1 aliphatic rings. The van der Waals surface area contributed by atoms with Gasteiger partial charge in [-0.05, 0) is 94.7 Å². The highest BCUT2D eigenvalue weighted by atomic mass is 16.3. The summed E-state index contributed by atoms with van der Waals surface area (Å²) >= 11 is 0. The molecule has 234 valence electrons. The molecule has 0 unspecified atom stereocenters. The van der Waals surface area contributed by atoms with E-state index in [0.717, 1.165) is 27.5 Å². The van der Waals surface area contributed by atoms with Crippen molar-refractivity contribution in [2.24, 2.45) is 0 Å². The van der Waals surface area contributed by atoms with Gasteiger partial charge in [0, 0.05) is 27.3 Å². The fraction of sp³-hybridized carbons (Fsp3) is 0.0612. The fourth-order valence-electron chi connectivity index (χ4n) is 9.22. The van der Waals surface area contributed by atoms with Gasteiger partial charge in [-0.25, -0.2) is 0 Å². The summed E-state index contributed by atoms with van der Waals surface area (Å²) < 4.78 is 6.82. The standard InChI is InChI=1S/C49H32O/c1-49(2)41-25-13-11-24-38(41)45-33-19-6-5-17-31(33)39(28-42(45)49)44-34-20-7-9-22-36(34)46(37-23-10-8-21-35(37)44)47-30-16-4-3-15-29(30)27-40-32-18-12-14-26-43(32)50-48(40)47/h3-28H,1-2H3. The van der Waals surface area contributed by atoms with Gasteiger partial charge in [0.15, 0.2) is 0 Å². The Morgan fingerprint density at radius 2 is 0.880 bits per heavy atom. The predicted molar refractivity (Wildman–Crippen MR) is 212 cm³/mol. The van der Waals surface area contributed by atoms with E-state index in [1.807, 2.05) is 0 Å². The Hall–Kier alpha value is -6.18. The number of benzene rings is 9. The van der Waals surface area contributed by atoms with Crippen molar-refractivity contribution < 1.29 is 4.42 Å². The van der Waals surface area contributed by atoms with E-state index in [-0.39, 0.29) is 5.41 Å². The lowest BCUT2D eigenvalue weighted by Crippen LogP contribution is -2.15. The highest BCUT2D eigenvalue weighted by molar-refractivity contribution is 6.29. The summed E-state index contributed by atoms with van der Waals surface area (Å²) in [5.41, 5.74) is 12.2. The van der Waals surface area contributed by atoms with Crippen LogP contribution in [0.25, 0.3) is 98.4 Å². The molecule has 0 atom stereocenters. The van der Waals surface area contributed by atoms with Gasteiger partial charge in [-0.15, -0.1) is 0 Å². The topological polar surface area (TPSA) is 13.1 Å². The minimum atomic E-state index is -0.119. The maximum absolute atomic E-state index is 6.82. The van der Waals surface area contributed by atoms with Crippen LogP contribution in [0.1, 0.15) is 25.0 Å². The average Bonchev–Trinajstić information content (AvgIpc) is 3.64. The number of rotatable bonds is 2. The summed E-state index contributed by atoms with van der Waals surface area (Å²) in [4.78, 5) is 0. The maximum atomic E-state index is 6.82. The molecule has 11 rings (SSSR count). The third-order valence-electron chi connectivity index (χ3n) is 11.4. The normalized spacial score (nSPS) is 13.6. The largest absolute Gasteiger partial charge is 0.455 e. The molecule has 1 nitrogen and oxygen atoms in total. The molecule has 50 heavy (non-hydrogen) atoms. The minimum Gasteiger partial charge on any atom is -0.455 e. The minimum absolute atomic E-state index is 0.119. The summed E-state index contributed by atoms with van der Waals surface area (Å²) in [6, 6.07) is 58.0. The first-order valence-electron chi connectivity index (χ1n) is 17.5. The van der Waals surface area contributed by atoms with E-state index in [0.29, 0.717) is 0 Å². The van der Waals surface area contributed by atoms with Gasteiger partial charge in [-0.2, -0.15) is 0 Å². The van der Waals surface area contributed by atoms with Crippen molar-refractivity contribution in [2.75, 3.05) is 0 Å². The van der Waals surface area contributed by atoms with Gasteiger partial charge < -0.3 is 4.42 Å². The van der Waals surface area contributed by atoms with Crippen molar-refractivity contribution in [2.45, 2.75) is 19.3 Å². The molecular formula is C49H32O. The van der Waals surface area contributed by atoms with Crippen molar-refractivity contribution in [1.29, 1.82) is 0 Å². The fourth-order valence-corrected chi connectivity index (χ4v) is 9.22. The van der Waals surface area contributed by atoms with Gasteiger partial charge >= 0.3 is 0 Å². The van der Waals surface area contributed by atoms with Gasteiger partial charge in [0.25, 0.3) is 0 Å². The van der Waals surface area contributed by atoms with Crippen LogP contribution in [0.2, 0.25) is 0 Å². The van der Waals surface area contributed by atoms with Crippen LogP contribution in [0.5, 0.6) is 0 Å². The summed E-state index contributed by atoms with van der Waals surface area (Å²) in [5.74, 6) is 0. The second-order valence-electron chi connectivity index (χ2n) is 14.4. The molecule has 9 aromatic carbocycles. The van der Waals surface area contributed by atoms with E-state index < -0.39 is 0 Å². The molecule has 1 heterocycles. The lowest BCUT2D eigenvalue weighted by Gasteiger charge is -2.24. The number of hydrogen-bond donors (Lipinski definition) is 0. The first kappa shape index (κ1) is 27.7. The van der Waals surface area contributed by atoms with Crippen LogP contribution in [0.15, 0.2) is 162 Å². The third-order valence-corrected chi connectivity index (χ3v) is 11.4. The third kappa shape index (κ3) is 3.56. The zero-order valence-corrected chi connectivity index (χ0v) is 27.9. The molecular weight excluding hydrogens is 605 g/mol. The molecule has 0 saturated carbocycles. The molecule has 0 N–H and O–H groups in total. The van der Waals surface area contributed by atoms with Crippen molar-refractivity contribution in [3.8, 4) is 33.4 Å². The van der Waals surface area contributed by atoms with Gasteiger partial charge in [0.05, 0.1) is 0 Å². The highest BCUT2D eigenvalue weighted by Crippen LogP contribution is 2.55. The molecule has 0 amide bonds. The van der Waals surface area contributed by atoms with Gasteiger partial charge in [0.2, 0.25) is 0 Å².